The normalized spacial score (nSPS) is 15.1. The van der Waals surface area contributed by atoms with Gasteiger partial charge in [0.2, 0.25) is 11.8 Å². The lowest BCUT2D eigenvalue weighted by atomic mass is 10.0. The summed E-state index contributed by atoms with van der Waals surface area (Å²) in [7, 11) is 0. The second-order valence-electron chi connectivity index (χ2n) is 18.2. The molecule has 4 heterocycles. The van der Waals surface area contributed by atoms with E-state index in [1.54, 1.807) is 0 Å². The van der Waals surface area contributed by atoms with Crippen LogP contribution in [-0.2, 0) is 54.6 Å². The standard InChI is InChI=1S/C54H62F2N6O6/c55-45-13-7-39(8-14-45)17-25-59-27-21-47(22-28-59)61-31-19-43-11-5-41(35-49(43)61)37-57-51(63)3-1-33-67-53(65)54(66)68-34-2-4-52(64)58-38-42-6-12-44-20-32-62(50(44)36-42)48-23-29-60(30-24-48)26-18-40-9-15-46(56)16-10-40/h5-16,19-20,31-32,35-36,47-48H,1-4,17-18,21-30,33-34,37-38H2,(H,57,63)(H,58,64). The molecular weight excluding hydrogens is 867 g/mol. The molecular formula is C54H62F2N6O6. The van der Waals surface area contributed by atoms with Crippen LogP contribution in [0.15, 0.2) is 109 Å². The minimum Gasteiger partial charge on any atom is -0.457 e. The fourth-order valence-electron chi connectivity index (χ4n) is 9.46. The van der Waals surface area contributed by atoms with Gasteiger partial charge in [0.1, 0.15) is 11.6 Å². The smallest absolute Gasteiger partial charge is 0.417 e. The molecule has 0 aliphatic carbocycles. The van der Waals surface area contributed by atoms with Crippen molar-refractivity contribution in [2.75, 3.05) is 52.5 Å². The molecule has 0 atom stereocenters. The van der Waals surface area contributed by atoms with Gasteiger partial charge in [-0.1, -0.05) is 48.5 Å². The molecule has 2 N–H and O–H groups in total. The molecule has 4 aromatic carbocycles. The van der Waals surface area contributed by atoms with E-state index in [1.807, 2.05) is 36.4 Å². The average molecular weight is 929 g/mol. The molecule has 2 saturated heterocycles. The summed E-state index contributed by atoms with van der Waals surface area (Å²) in [6.07, 6.45) is 11.0. The third kappa shape index (κ3) is 13.4. The van der Waals surface area contributed by atoms with Gasteiger partial charge in [0.05, 0.1) is 13.2 Å². The number of nitrogens with one attached hydrogen (secondary N) is 2. The van der Waals surface area contributed by atoms with Crippen LogP contribution in [0.1, 0.15) is 85.7 Å². The molecule has 6 aromatic rings. The number of carbonyl (C=O) groups is 4. The lowest BCUT2D eigenvalue weighted by Crippen LogP contribution is -2.35. The summed E-state index contributed by atoms with van der Waals surface area (Å²) in [5.74, 6) is -3.06. The Morgan fingerprint density at radius 1 is 0.515 bits per heavy atom. The molecule has 68 heavy (non-hydrogen) atoms. The van der Waals surface area contributed by atoms with Crippen molar-refractivity contribution in [1.82, 2.24) is 29.6 Å². The molecule has 2 amide bonds. The second kappa shape index (κ2) is 23.6. The molecule has 358 valence electrons. The molecule has 0 radical (unpaired) electrons. The fraction of sp³-hybridized carbons (Fsp3) is 0.407. The topological polar surface area (TPSA) is 127 Å². The highest BCUT2D eigenvalue weighted by atomic mass is 19.1. The van der Waals surface area contributed by atoms with E-state index < -0.39 is 11.9 Å². The predicted octanol–water partition coefficient (Wildman–Crippen LogP) is 8.21. The fourth-order valence-corrected chi connectivity index (χ4v) is 9.46. The van der Waals surface area contributed by atoms with Gasteiger partial charge < -0.3 is 39.0 Å². The van der Waals surface area contributed by atoms with Crippen LogP contribution in [0.25, 0.3) is 21.8 Å². The number of rotatable bonds is 20. The highest BCUT2D eigenvalue weighted by Gasteiger charge is 2.23. The van der Waals surface area contributed by atoms with Crippen LogP contribution in [0.4, 0.5) is 8.78 Å². The third-order valence-corrected chi connectivity index (χ3v) is 13.4. The number of halogens is 2. The molecule has 12 nitrogen and oxygen atoms in total. The van der Waals surface area contributed by atoms with Crippen molar-refractivity contribution in [2.45, 2.75) is 89.4 Å². The van der Waals surface area contributed by atoms with Crippen LogP contribution in [0, 0.1) is 11.6 Å². The van der Waals surface area contributed by atoms with E-state index >= 15 is 0 Å². The van der Waals surface area contributed by atoms with Crippen LogP contribution in [0.5, 0.6) is 0 Å². The van der Waals surface area contributed by atoms with E-state index in [0.717, 1.165) is 122 Å². The Morgan fingerprint density at radius 3 is 1.29 bits per heavy atom. The molecule has 2 aliphatic heterocycles. The summed E-state index contributed by atoms with van der Waals surface area (Å²) in [6.45, 7) is 6.42. The first-order chi connectivity index (χ1) is 33.1. The minimum atomic E-state index is -1.13. The van der Waals surface area contributed by atoms with E-state index in [-0.39, 0.29) is 62.3 Å². The van der Waals surface area contributed by atoms with Gasteiger partial charge in [-0.2, -0.15) is 0 Å². The molecule has 0 saturated carbocycles. The van der Waals surface area contributed by atoms with Crippen molar-refractivity contribution in [3.05, 3.63) is 143 Å². The summed E-state index contributed by atoms with van der Waals surface area (Å²) in [4.78, 5) is 54.6. The van der Waals surface area contributed by atoms with Crippen LogP contribution < -0.4 is 10.6 Å². The molecule has 2 fully saturated rings. The monoisotopic (exact) mass is 928 g/mol. The summed E-state index contributed by atoms with van der Waals surface area (Å²) in [6, 6.07) is 31.0. The largest absolute Gasteiger partial charge is 0.457 e. The number of benzene rings is 4. The minimum absolute atomic E-state index is 0.107. The number of piperidine rings is 2. The predicted molar refractivity (Wildman–Crippen MR) is 258 cm³/mol. The molecule has 14 heteroatoms. The van der Waals surface area contributed by atoms with Gasteiger partial charge in [0.15, 0.2) is 0 Å². The number of ether oxygens (including phenoxy) is 2. The second-order valence-corrected chi connectivity index (χ2v) is 18.2. The maximum absolute atomic E-state index is 13.3. The molecule has 2 aliphatic rings. The van der Waals surface area contributed by atoms with Crippen LogP contribution in [0.3, 0.4) is 0 Å². The van der Waals surface area contributed by atoms with Crippen LogP contribution >= 0.6 is 0 Å². The Kier molecular flexibility index (Phi) is 16.7. The van der Waals surface area contributed by atoms with Gasteiger partial charge in [0, 0.05) is 101 Å². The quantitative estimate of drug-likeness (QED) is 0.0446. The van der Waals surface area contributed by atoms with Crippen molar-refractivity contribution in [2.24, 2.45) is 0 Å². The van der Waals surface area contributed by atoms with E-state index in [0.29, 0.717) is 25.2 Å². The number of aromatic nitrogens is 2. The van der Waals surface area contributed by atoms with E-state index in [2.05, 4.69) is 78.4 Å². The Balaban J connectivity index is 0.668. The molecule has 8 rings (SSSR count). The molecule has 0 spiro atoms. The van der Waals surface area contributed by atoms with Gasteiger partial charge in [-0.05, 0) is 133 Å². The summed E-state index contributed by atoms with van der Waals surface area (Å²) in [5.41, 5.74) is 6.54. The molecule has 0 bridgehead atoms. The van der Waals surface area contributed by atoms with Crippen LogP contribution in [-0.4, -0.2) is 95.2 Å². The lowest BCUT2D eigenvalue weighted by Gasteiger charge is -2.33. The Morgan fingerprint density at radius 2 is 0.897 bits per heavy atom. The van der Waals surface area contributed by atoms with Crippen molar-refractivity contribution < 1.29 is 37.4 Å². The third-order valence-electron chi connectivity index (χ3n) is 13.4. The summed E-state index contributed by atoms with van der Waals surface area (Å²) < 4.78 is 41.3. The molecule has 2 aromatic heterocycles. The number of carbonyl (C=O) groups excluding carboxylic acids is 4. The van der Waals surface area contributed by atoms with Crippen LogP contribution in [0.2, 0.25) is 0 Å². The highest BCUT2D eigenvalue weighted by Crippen LogP contribution is 2.30. The first-order valence-electron chi connectivity index (χ1n) is 24.1. The number of likely N-dealkylation sites (tertiary alicyclic amines) is 2. The zero-order valence-corrected chi connectivity index (χ0v) is 38.7. The lowest BCUT2D eigenvalue weighted by molar-refractivity contribution is -0.167. The number of hydrogen-bond donors (Lipinski definition) is 2. The van der Waals surface area contributed by atoms with E-state index in [9.17, 15) is 28.0 Å². The maximum atomic E-state index is 13.3. The zero-order valence-electron chi connectivity index (χ0n) is 38.7. The van der Waals surface area contributed by atoms with Gasteiger partial charge in [-0.3, -0.25) is 9.59 Å². The van der Waals surface area contributed by atoms with E-state index in [1.165, 1.54) is 24.3 Å². The number of hydrogen-bond acceptors (Lipinski definition) is 8. The summed E-state index contributed by atoms with van der Waals surface area (Å²) >= 11 is 0. The van der Waals surface area contributed by atoms with Gasteiger partial charge in [-0.25, -0.2) is 18.4 Å². The summed E-state index contributed by atoms with van der Waals surface area (Å²) in [5, 5.41) is 8.19. The maximum Gasteiger partial charge on any atom is 0.417 e. The van der Waals surface area contributed by atoms with Gasteiger partial charge in [-0.15, -0.1) is 0 Å². The van der Waals surface area contributed by atoms with Crippen molar-refractivity contribution in [3.63, 3.8) is 0 Å². The zero-order chi connectivity index (χ0) is 47.2. The first kappa shape index (κ1) is 48.1. The molecule has 0 unspecified atom stereocenters. The van der Waals surface area contributed by atoms with E-state index in [4.69, 9.17) is 9.47 Å². The number of amides is 2. The Bertz CT molecular complexity index is 2450. The highest BCUT2D eigenvalue weighted by molar-refractivity contribution is 6.29. The van der Waals surface area contributed by atoms with Crippen molar-refractivity contribution >= 4 is 45.6 Å². The number of nitrogens with zero attached hydrogens (tertiary/aromatic N) is 4. The van der Waals surface area contributed by atoms with Crippen molar-refractivity contribution in [3.8, 4) is 0 Å². The number of fused-ring (bicyclic) bond motifs is 2. The van der Waals surface area contributed by atoms with Gasteiger partial charge in [0.25, 0.3) is 0 Å². The first-order valence-corrected chi connectivity index (χ1v) is 24.1. The Labute approximate surface area is 396 Å². The number of esters is 2. The SMILES string of the molecule is O=C(CCCOC(=O)C(=O)OCCCC(=O)NCc1ccc2ccn(C3CCN(CCc4ccc(F)cc4)CC3)c2c1)NCc1ccc2ccn(C3CCN(CCc4ccc(F)cc4)CC3)c2c1. The average Bonchev–Trinajstić information content (AvgIpc) is 3.99. The van der Waals surface area contributed by atoms with Crippen molar-refractivity contribution in [1.29, 1.82) is 0 Å². The van der Waals surface area contributed by atoms with Gasteiger partial charge >= 0.3 is 11.9 Å². The Hall–Kier alpha value is -6.38.